The Labute approximate surface area is 96.8 Å². The van der Waals surface area contributed by atoms with Gasteiger partial charge in [0.25, 0.3) is 0 Å². The van der Waals surface area contributed by atoms with Crippen LogP contribution in [0.4, 0.5) is 0 Å². The predicted octanol–water partition coefficient (Wildman–Crippen LogP) is 1.08. The summed E-state index contributed by atoms with van der Waals surface area (Å²) < 4.78 is 2.06. The molecule has 0 bridgehead atoms. The van der Waals surface area contributed by atoms with E-state index in [0.717, 1.165) is 5.69 Å². The van der Waals surface area contributed by atoms with Crippen molar-refractivity contribution < 1.29 is 4.79 Å². The van der Waals surface area contributed by atoms with Gasteiger partial charge in [0.2, 0.25) is 5.91 Å². The molecular formula is C12H21N3O. The number of nitrogens with two attached hydrogens (primary N) is 1. The summed E-state index contributed by atoms with van der Waals surface area (Å²) >= 11 is 0. The summed E-state index contributed by atoms with van der Waals surface area (Å²) in [6.07, 6.45) is 0.344. The first-order valence-corrected chi connectivity index (χ1v) is 5.46. The van der Waals surface area contributed by atoms with E-state index in [0.29, 0.717) is 13.0 Å². The van der Waals surface area contributed by atoms with Gasteiger partial charge in [0.05, 0.1) is 6.54 Å². The van der Waals surface area contributed by atoms with Crippen LogP contribution in [0, 0.1) is 6.92 Å². The molecule has 16 heavy (non-hydrogen) atoms. The summed E-state index contributed by atoms with van der Waals surface area (Å²) in [7, 11) is 1.99. The van der Waals surface area contributed by atoms with Crippen LogP contribution < -0.4 is 11.1 Å². The van der Waals surface area contributed by atoms with Crippen LogP contribution >= 0.6 is 0 Å². The molecule has 0 aliphatic rings. The van der Waals surface area contributed by atoms with Gasteiger partial charge >= 0.3 is 0 Å². The predicted molar refractivity (Wildman–Crippen MR) is 64.9 cm³/mol. The Kier molecular flexibility index (Phi) is 3.75. The molecule has 0 atom stereocenters. The van der Waals surface area contributed by atoms with Gasteiger partial charge in [0, 0.05) is 30.4 Å². The number of aryl methyl sites for hydroxylation is 1. The van der Waals surface area contributed by atoms with Crippen molar-refractivity contribution in [2.75, 3.05) is 0 Å². The summed E-state index contributed by atoms with van der Waals surface area (Å²) in [6.45, 7) is 6.28. The molecule has 1 aromatic heterocycles. The fourth-order valence-electron chi connectivity index (χ4n) is 1.51. The Bertz CT molecular complexity index is 374. The van der Waals surface area contributed by atoms with E-state index in [1.54, 1.807) is 0 Å². The molecule has 1 aromatic rings. The molecular weight excluding hydrogens is 202 g/mol. The third-order valence-corrected chi connectivity index (χ3v) is 2.56. The van der Waals surface area contributed by atoms with Gasteiger partial charge in [-0.25, -0.2) is 0 Å². The average molecular weight is 223 g/mol. The van der Waals surface area contributed by atoms with Crippen molar-refractivity contribution in [3.05, 3.63) is 23.5 Å². The zero-order valence-corrected chi connectivity index (χ0v) is 10.5. The Hall–Kier alpha value is -1.29. The average Bonchev–Trinajstić information content (AvgIpc) is 2.42. The lowest BCUT2D eigenvalue weighted by molar-refractivity contribution is -0.122. The van der Waals surface area contributed by atoms with Crippen molar-refractivity contribution in [2.45, 2.75) is 39.3 Å². The normalized spacial score (nSPS) is 11.6. The first-order valence-electron chi connectivity index (χ1n) is 5.46. The molecule has 1 amide bonds. The Balaban J connectivity index is 2.47. The topological polar surface area (TPSA) is 60.1 Å². The molecule has 90 valence electrons. The maximum Gasteiger partial charge on any atom is 0.222 e. The van der Waals surface area contributed by atoms with Gasteiger partial charge in [-0.15, -0.1) is 0 Å². The summed E-state index contributed by atoms with van der Waals surface area (Å²) in [6, 6.07) is 4.05. The second-order valence-corrected chi connectivity index (χ2v) is 4.97. The van der Waals surface area contributed by atoms with E-state index < -0.39 is 5.54 Å². The van der Waals surface area contributed by atoms with E-state index in [9.17, 15) is 4.79 Å². The zero-order chi connectivity index (χ0) is 12.3. The van der Waals surface area contributed by atoms with Gasteiger partial charge in [-0.3, -0.25) is 4.79 Å². The highest BCUT2D eigenvalue weighted by molar-refractivity contribution is 5.76. The molecule has 3 N–H and O–H groups in total. The van der Waals surface area contributed by atoms with Crippen molar-refractivity contribution in [3.63, 3.8) is 0 Å². The Morgan fingerprint density at radius 2 is 2.12 bits per heavy atom. The van der Waals surface area contributed by atoms with Crippen LogP contribution in [0.5, 0.6) is 0 Å². The van der Waals surface area contributed by atoms with Gasteiger partial charge in [-0.05, 0) is 32.9 Å². The van der Waals surface area contributed by atoms with Crippen molar-refractivity contribution >= 4 is 5.91 Å². The molecule has 0 radical (unpaired) electrons. The quantitative estimate of drug-likeness (QED) is 0.802. The van der Waals surface area contributed by atoms with Crippen LogP contribution in [0.3, 0.4) is 0 Å². The third-order valence-electron chi connectivity index (χ3n) is 2.56. The van der Waals surface area contributed by atoms with Crippen LogP contribution in [0.15, 0.2) is 12.1 Å². The minimum Gasteiger partial charge on any atom is -0.350 e. The second kappa shape index (κ2) is 4.70. The van der Waals surface area contributed by atoms with Crippen LogP contribution in [0.2, 0.25) is 0 Å². The molecule has 0 spiro atoms. The van der Waals surface area contributed by atoms with Gasteiger partial charge in [0.1, 0.15) is 0 Å². The van der Waals surface area contributed by atoms with E-state index in [4.69, 9.17) is 5.73 Å². The number of amides is 1. The lowest BCUT2D eigenvalue weighted by Crippen LogP contribution is -2.39. The minimum absolute atomic E-state index is 0.00801. The van der Waals surface area contributed by atoms with Crippen molar-refractivity contribution in [1.29, 1.82) is 0 Å². The molecule has 0 unspecified atom stereocenters. The fourth-order valence-corrected chi connectivity index (χ4v) is 1.51. The molecule has 4 nitrogen and oxygen atoms in total. The van der Waals surface area contributed by atoms with Gasteiger partial charge in [-0.2, -0.15) is 0 Å². The smallest absolute Gasteiger partial charge is 0.222 e. The first kappa shape index (κ1) is 12.8. The minimum atomic E-state index is -0.450. The molecule has 0 saturated heterocycles. The number of hydrogen-bond acceptors (Lipinski definition) is 2. The molecule has 0 aliphatic heterocycles. The number of aromatic nitrogens is 1. The van der Waals surface area contributed by atoms with Crippen molar-refractivity contribution in [2.24, 2.45) is 12.8 Å². The second-order valence-electron chi connectivity index (χ2n) is 4.97. The summed E-state index contributed by atoms with van der Waals surface area (Å²) in [5.41, 5.74) is 7.60. The standard InChI is InChI=1S/C12H21N3O/c1-9-5-6-10(15(9)4)8-14-11(16)7-12(2,3)13/h5-6H,7-8,13H2,1-4H3,(H,14,16). The van der Waals surface area contributed by atoms with Crippen LogP contribution in [-0.2, 0) is 18.4 Å². The van der Waals surface area contributed by atoms with Crippen LogP contribution in [0.25, 0.3) is 0 Å². The summed E-state index contributed by atoms with van der Waals surface area (Å²) in [4.78, 5) is 11.5. The Morgan fingerprint density at radius 1 is 1.50 bits per heavy atom. The molecule has 0 fully saturated rings. The van der Waals surface area contributed by atoms with E-state index in [-0.39, 0.29) is 5.91 Å². The molecule has 1 rings (SSSR count). The van der Waals surface area contributed by atoms with Crippen molar-refractivity contribution in [3.8, 4) is 0 Å². The van der Waals surface area contributed by atoms with Crippen molar-refractivity contribution in [1.82, 2.24) is 9.88 Å². The van der Waals surface area contributed by atoms with Crippen LogP contribution in [0.1, 0.15) is 31.7 Å². The van der Waals surface area contributed by atoms with E-state index in [1.165, 1.54) is 5.69 Å². The first-order chi connectivity index (χ1) is 7.29. The highest BCUT2D eigenvalue weighted by atomic mass is 16.1. The molecule has 0 aromatic carbocycles. The SMILES string of the molecule is Cc1ccc(CNC(=O)CC(C)(C)N)n1C. The number of rotatable bonds is 4. The monoisotopic (exact) mass is 223 g/mol. The lowest BCUT2D eigenvalue weighted by Gasteiger charge is -2.17. The van der Waals surface area contributed by atoms with Crippen LogP contribution in [-0.4, -0.2) is 16.0 Å². The fraction of sp³-hybridized carbons (Fsp3) is 0.583. The zero-order valence-electron chi connectivity index (χ0n) is 10.5. The van der Waals surface area contributed by atoms with Gasteiger partial charge in [-0.1, -0.05) is 0 Å². The number of nitrogens with zero attached hydrogens (tertiary/aromatic N) is 1. The highest BCUT2D eigenvalue weighted by Gasteiger charge is 2.16. The maximum atomic E-state index is 11.5. The number of hydrogen-bond donors (Lipinski definition) is 2. The maximum absolute atomic E-state index is 11.5. The highest BCUT2D eigenvalue weighted by Crippen LogP contribution is 2.06. The number of nitrogens with one attached hydrogen (secondary N) is 1. The summed E-state index contributed by atoms with van der Waals surface area (Å²) in [5, 5.41) is 2.87. The molecule has 0 aliphatic carbocycles. The van der Waals surface area contributed by atoms with Gasteiger partial charge < -0.3 is 15.6 Å². The van der Waals surface area contributed by atoms with E-state index >= 15 is 0 Å². The third kappa shape index (κ3) is 3.70. The molecule has 1 heterocycles. The lowest BCUT2D eigenvalue weighted by atomic mass is 10.0. The van der Waals surface area contributed by atoms with E-state index in [1.807, 2.05) is 40.0 Å². The summed E-state index contributed by atoms with van der Waals surface area (Å²) in [5.74, 6) is -0.00801. The number of carbonyl (C=O) groups excluding carboxylic acids is 1. The molecule has 4 heteroatoms. The molecule has 0 saturated carbocycles. The largest absolute Gasteiger partial charge is 0.350 e. The van der Waals surface area contributed by atoms with Gasteiger partial charge in [0.15, 0.2) is 0 Å². The Morgan fingerprint density at radius 3 is 2.56 bits per heavy atom. The van der Waals surface area contributed by atoms with E-state index in [2.05, 4.69) is 9.88 Å². The number of carbonyl (C=O) groups is 1.